The first-order valence-electron chi connectivity index (χ1n) is 5.57. The lowest BCUT2D eigenvalue weighted by atomic mass is 10.2. The van der Waals surface area contributed by atoms with Crippen LogP contribution in [-0.2, 0) is 21.3 Å². The van der Waals surface area contributed by atoms with Crippen molar-refractivity contribution in [2.75, 3.05) is 7.11 Å². The molecule has 0 radical (unpaired) electrons. The lowest BCUT2D eigenvalue weighted by Gasteiger charge is -2.11. The minimum atomic E-state index is -3.71. The lowest BCUT2D eigenvalue weighted by molar-refractivity contribution is 0.104. The molecular formula is C12H16N2O3S. The Balaban J connectivity index is 2.62. The SMILES string of the molecule is COC(C)Cn1cc(S(N)(=O)=O)c2ccccc21. The third-order valence-corrected chi connectivity index (χ3v) is 3.85. The van der Waals surface area contributed by atoms with Gasteiger partial charge in [-0.15, -0.1) is 0 Å². The maximum absolute atomic E-state index is 11.5. The van der Waals surface area contributed by atoms with E-state index in [0.29, 0.717) is 11.9 Å². The maximum Gasteiger partial charge on any atom is 0.240 e. The molecule has 1 aromatic heterocycles. The molecule has 0 aliphatic heterocycles. The third kappa shape index (κ3) is 2.40. The molecule has 2 N–H and O–H groups in total. The number of fused-ring (bicyclic) bond motifs is 1. The summed E-state index contributed by atoms with van der Waals surface area (Å²) in [5.41, 5.74) is 0.838. The Hall–Kier alpha value is -1.37. The standard InChI is InChI=1S/C12H16N2O3S/c1-9(17-2)7-14-8-12(18(13,15)16)10-5-3-4-6-11(10)14/h3-6,8-9H,7H2,1-2H3,(H2,13,15,16). The zero-order valence-corrected chi connectivity index (χ0v) is 11.1. The molecule has 98 valence electrons. The van der Waals surface area contributed by atoms with E-state index < -0.39 is 10.0 Å². The van der Waals surface area contributed by atoms with Gasteiger partial charge < -0.3 is 9.30 Å². The van der Waals surface area contributed by atoms with Crippen molar-refractivity contribution in [2.24, 2.45) is 5.14 Å². The molecule has 0 saturated carbocycles. The number of hydrogen-bond donors (Lipinski definition) is 1. The summed E-state index contributed by atoms with van der Waals surface area (Å²) in [6.07, 6.45) is 1.56. The smallest absolute Gasteiger partial charge is 0.240 e. The molecule has 6 heteroatoms. The monoisotopic (exact) mass is 268 g/mol. The third-order valence-electron chi connectivity index (χ3n) is 2.91. The summed E-state index contributed by atoms with van der Waals surface area (Å²) in [7, 11) is -2.09. The fourth-order valence-electron chi connectivity index (χ4n) is 1.94. The molecule has 2 rings (SSSR count). The van der Waals surface area contributed by atoms with E-state index in [1.54, 1.807) is 25.4 Å². The minimum Gasteiger partial charge on any atom is -0.380 e. The highest BCUT2D eigenvalue weighted by atomic mass is 32.2. The van der Waals surface area contributed by atoms with Gasteiger partial charge in [0, 0.05) is 30.8 Å². The summed E-state index contributed by atoms with van der Waals surface area (Å²) >= 11 is 0. The number of para-hydroxylation sites is 1. The van der Waals surface area contributed by atoms with Crippen LogP contribution in [-0.4, -0.2) is 26.2 Å². The molecule has 0 aliphatic carbocycles. The number of hydrogen-bond acceptors (Lipinski definition) is 3. The number of sulfonamides is 1. The predicted molar refractivity (Wildman–Crippen MR) is 69.8 cm³/mol. The van der Waals surface area contributed by atoms with Gasteiger partial charge in [-0.05, 0) is 13.0 Å². The van der Waals surface area contributed by atoms with Crippen molar-refractivity contribution in [3.63, 3.8) is 0 Å². The van der Waals surface area contributed by atoms with Gasteiger partial charge in [-0.1, -0.05) is 18.2 Å². The summed E-state index contributed by atoms with van der Waals surface area (Å²) in [6.45, 7) is 2.50. The molecule has 1 unspecified atom stereocenters. The number of rotatable bonds is 4. The van der Waals surface area contributed by atoms with Gasteiger partial charge in [0.25, 0.3) is 0 Å². The van der Waals surface area contributed by atoms with Crippen LogP contribution in [0, 0.1) is 0 Å². The zero-order valence-electron chi connectivity index (χ0n) is 10.3. The van der Waals surface area contributed by atoms with E-state index in [9.17, 15) is 8.42 Å². The Labute approximate surface area is 106 Å². The fourth-order valence-corrected chi connectivity index (χ4v) is 2.70. The van der Waals surface area contributed by atoms with Crippen LogP contribution in [0.25, 0.3) is 10.9 Å². The average Bonchev–Trinajstić information content (AvgIpc) is 2.68. The largest absolute Gasteiger partial charge is 0.380 e. The number of nitrogens with two attached hydrogens (primary N) is 1. The first-order chi connectivity index (χ1) is 8.43. The quantitative estimate of drug-likeness (QED) is 0.908. The summed E-state index contributed by atoms with van der Waals surface area (Å²) < 4.78 is 30.1. The maximum atomic E-state index is 11.5. The van der Waals surface area contributed by atoms with Crippen molar-refractivity contribution in [1.29, 1.82) is 0 Å². The lowest BCUT2D eigenvalue weighted by Crippen LogP contribution is -2.14. The molecule has 18 heavy (non-hydrogen) atoms. The van der Waals surface area contributed by atoms with Crippen molar-refractivity contribution in [3.8, 4) is 0 Å². The van der Waals surface area contributed by atoms with E-state index in [1.807, 2.05) is 23.6 Å². The van der Waals surface area contributed by atoms with Crippen LogP contribution in [0.3, 0.4) is 0 Å². The van der Waals surface area contributed by atoms with Crippen LogP contribution in [0.4, 0.5) is 0 Å². The molecule has 1 aromatic carbocycles. The molecule has 1 heterocycles. The Kier molecular flexibility index (Phi) is 3.43. The first-order valence-corrected chi connectivity index (χ1v) is 7.11. The number of ether oxygens (including phenoxy) is 1. The second-order valence-corrected chi connectivity index (χ2v) is 5.78. The Morgan fingerprint density at radius 2 is 2.06 bits per heavy atom. The Morgan fingerprint density at radius 3 is 2.67 bits per heavy atom. The Morgan fingerprint density at radius 1 is 1.39 bits per heavy atom. The molecule has 0 fully saturated rings. The van der Waals surface area contributed by atoms with E-state index >= 15 is 0 Å². The van der Waals surface area contributed by atoms with E-state index in [2.05, 4.69) is 0 Å². The van der Waals surface area contributed by atoms with Crippen LogP contribution >= 0.6 is 0 Å². The van der Waals surface area contributed by atoms with Crippen molar-refractivity contribution < 1.29 is 13.2 Å². The molecule has 0 saturated heterocycles. The number of aromatic nitrogens is 1. The van der Waals surface area contributed by atoms with Crippen LogP contribution in [0.2, 0.25) is 0 Å². The van der Waals surface area contributed by atoms with Crippen molar-refractivity contribution >= 4 is 20.9 Å². The number of primary sulfonamides is 1. The normalized spacial score (nSPS) is 13.9. The summed E-state index contributed by atoms with van der Waals surface area (Å²) in [6, 6.07) is 7.28. The van der Waals surface area contributed by atoms with Gasteiger partial charge in [0.2, 0.25) is 10.0 Å². The van der Waals surface area contributed by atoms with Gasteiger partial charge >= 0.3 is 0 Å². The minimum absolute atomic E-state index is 0.00543. The summed E-state index contributed by atoms with van der Waals surface area (Å²) in [5, 5.41) is 5.87. The van der Waals surface area contributed by atoms with Gasteiger partial charge in [0.15, 0.2) is 0 Å². The molecule has 1 atom stereocenters. The molecule has 0 aliphatic rings. The highest BCUT2D eigenvalue weighted by Crippen LogP contribution is 2.24. The van der Waals surface area contributed by atoms with E-state index in [1.165, 1.54) is 0 Å². The van der Waals surface area contributed by atoms with Crippen LogP contribution in [0.1, 0.15) is 6.92 Å². The van der Waals surface area contributed by atoms with Crippen LogP contribution in [0.5, 0.6) is 0 Å². The molecule has 0 bridgehead atoms. The van der Waals surface area contributed by atoms with Gasteiger partial charge in [0.05, 0.1) is 6.10 Å². The molecule has 5 nitrogen and oxygen atoms in total. The highest BCUT2D eigenvalue weighted by molar-refractivity contribution is 7.89. The second kappa shape index (κ2) is 4.72. The molecular weight excluding hydrogens is 252 g/mol. The van der Waals surface area contributed by atoms with Crippen LogP contribution < -0.4 is 5.14 Å². The van der Waals surface area contributed by atoms with E-state index in [0.717, 1.165) is 5.52 Å². The van der Waals surface area contributed by atoms with Crippen molar-refractivity contribution in [3.05, 3.63) is 30.5 Å². The average molecular weight is 268 g/mol. The number of nitrogens with zero attached hydrogens (tertiary/aromatic N) is 1. The topological polar surface area (TPSA) is 74.3 Å². The fraction of sp³-hybridized carbons (Fsp3) is 0.333. The highest BCUT2D eigenvalue weighted by Gasteiger charge is 2.17. The summed E-state index contributed by atoms with van der Waals surface area (Å²) in [5.74, 6) is 0. The second-order valence-electron chi connectivity index (χ2n) is 4.25. The van der Waals surface area contributed by atoms with E-state index in [4.69, 9.17) is 9.88 Å². The van der Waals surface area contributed by atoms with Gasteiger partial charge in [0.1, 0.15) is 4.90 Å². The summed E-state index contributed by atoms with van der Waals surface area (Å²) in [4.78, 5) is 0.154. The molecule has 0 spiro atoms. The molecule has 0 amide bonds. The van der Waals surface area contributed by atoms with Gasteiger partial charge in [-0.2, -0.15) is 0 Å². The number of methoxy groups -OCH3 is 1. The van der Waals surface area contributed by atoms with Gasteiger partial charge in [-0.3, -0.25) is 0 Å². The predicted octanol–water partition coefficient (Wildman–Crippen LogP) is 1.32. The zero-order chi connectivity index (χ0) is 13.3. The Bertz CT molecular complexity index is 661. The molecule has 2 aromatic rings. The van der Waals surface area contributed by atoms with E-state index in [-0.39, 0.29) is 11.0 Å². The first kappa shape index (κ1) is 13.1. The van der Waals surface area contributed by atoms with Gasteiger partial charge in [-0.25, -0.2) is 13.6 Å². The van der Waals surface area contributed by atoms with Crippen molar-refractivity contribution in [2.45, 2.75) is 24.5 Å². The van der Waals surface area contributed by atoms with Crippen LogP contribution in [0.15, 0.2) is 35.4 Å². The van der Waals surface area contributed by atoms with Crippen molar-refractivity contribution in [1.82, 2.24) is 4.57 Å². The number of benzene rings is 1.